The number of phenolic OH excluding ortho intramolecular Hbond substituents is 2. The van der Waals surface area contributed by atoms with E-state index in [0.29, 0.717) is 17.5 Å². The number of phenols is 2. The van der Waals surface area contributed by atoms with Gasteiger partial charge in [0.25, 0.3) is 0 Å². The predicted molar refractivity (Wildman–Crippen MR) is 155 cm³/mol. The van der Waals surface area contributed by atoms with Gasteiger partial charge < -0.3 is 19.7 Å². The van der Waals surface area contributed by atoms with Gasteiger partial charge in [-0.15, -0.1) is 0 Å². The Morgan fingerprint density at radius 2 is 1.03 bits per heavy atom. The van der Waals surface area contributed by atoms with Crippen molar-refractivity contribution in [3.63, 3.8) is 0 Å². The summed E-state index contributed by atoms with van der Waals surface area (Å²) in [5, 5.41) is 25.6. The fourth-order valence-corrected chi connectivity index (χ4v) is 9.65. The van der Waals surface area contributed by atoms with E-state index in [4.69, 9.17) is 9.47 Å². The molecule has 4 aromatic rings. The molecule has 4 rings (SSSR count). The number of hydrogen-bond donors (Lipinski definition) is 2. The van der Waals surface area contributed by atoms with Crippen LogP contribution in [0, 0.1) is 6.92 Å². The third kappa shape index (κ3) is 5.31. The van der Waals surface area contributed by atoms with Crippen LogP contribution in [0.1, 0.15) is 30.4 Å². The van der Waals surface area contributed by atoms with Gasteiger partial charge in [0.1, 0.15) is 23.2 Å². The van der Waals surface area contributed by atoms with E-state index in [1.165, 1.54) is 30.1 Å². The summed E-state index contributed by atoms with van der Waals surface area (Å²) in [6.45, 7) is 1.81. The Kier molecular flexibility index (Phi) is 8.74. The fraction of sp³-hybridized carbons (Fsp3) is 0.250. The SMILES string of the molecule is COc1c(O)c(C)c(CCCCC[P+](c2ccccc2)(c2ccccc2)c2ccccc2)c(O)c1OC. The summed E-state index contributed by atoms with van der Waals surface area (Å²) >= 11 is 0. The summed E-state index contributed by atoms with van der Waals surface area (Å²) in [6, 6.07) is 32.8. The third-order valence-corrected chi connectivity index (χ3v) is 11.7. The second-order valence-corrected chi connectivity index (χ2v) is 12.8. The van der Waals surface area contributed by atoms with E-state index in [1.807, 2.05) is 6.92 Å². The first kappa shape index (κ1) is 26.6. The minimum Gasteiger partial charge on any atom is -0.504 e. The van der Waals surface area contributed by atoms with Crippen LogP contribution >= 0.6 is 7.26 Å². The van der Waals surface area contributed by atoms with E-state index < -0.39 is 7.26 Å². The van der Waals surface area contributed by atoms with Gasteiger partial charge in [0.15, 0.2) is 11.5 Å². The van der Waals surface area contributed by atoms with Crippen molar-refractivity contribution in [1.29, 1.82) is 0 Å². The zero-order valence-corrected chi connectivity index (χ0v) is 22.7. The molecular weight excluding hydrogens is 479 g/mol. The lowest BCUT2D eigenvalue weighted by molar-refractivity contribution is 0.313. The maximum absolute atomic E-state index is 10.8. The van der Waals surface area contributed by atoms with Gasteiger partial charge in [-0.1, -0.05) is 54.6 Å². The molecule has 0 aliphatic rings. The van der Waals surface area contributed by atoms with Gasteiger partial charge in [-0.3, -0.25) is 0 Å². The molecule has 0 unspecified atom stereocenters. The first-order valence-electron chi connectivity index (χ1n) is 12.7. The molecule has 0 aliphatic carbocycles. The smallest absolute Gasteiger partial charge is 0.207 e. The van der Waals surface area contributed by atoms with Crippen molar-refractivity contribution in [3.8, 4) is 23.0 Å². The van der Waals surface area contributed by atoms with Crippen LogP contribution in [0.15, 0.2) is 91.0 Å². The summed E-state index contributed by atoms with van der Waals surface area (Å²) in [7, 11) is 1.08. The third-order valence-electron chi connectivity index (χ3n) is 7.15. The molecule has 0 saturated heterocycles. The maximum Gasteiger partial charge on any atom is 0.207 e. The molecule has 0 radical (unpaired) electrons. The molecular formula is C32H36O4P+. The Morgan fingerprint density at radius 1 is 0.595 bits per heavy atom. The highest BCUT2D eigenvalue weighted by molar-refractivity contribution is 7.95. The highest BCUT2D eigenvalue weighted by atomic mass is 31.2. The lowest BCUT2D eigenvalue weighted by Gasteiger charge is -2.27. The van der Waals surface area contributed by atoms with Gasteiger partial charge in [-0.05, 0) is 69.0 Å². The van der Waals surface area contributed by atoms with E-state index in [2.05, 4.69) is 91.0 Å². The molecule has 0 saturated carbocycles. The second-order valence-electron chi connectivity index (χ2n) is 9.22. The van der Waals surface area contributed by atoms with Crippen molar-refractivity contribution in [1.82, 2.24) is 0 Å². The Balaban J connectivity index is 1.59. The molecule has 192 valence electrons. The fourth-order valence-electron chi connectivity index (χ4n) is 5.24. The summed E-state index contributed by atoms with van der Waals surface area (Å²) in [6.07, 6.45) is 4.65. The highest BCUT2D eigenvalue weighted by Crippen LogP contribution is 2.56. The highest BCUT2D eigenvalue weighted by Gasteiger charge is 2.44. The standard InChI is InChI=1S/C32H35O4P/c1-24-28(30(34)32(36-3)31(35-2)29(24)33)22-14-7-15-23-37(25-16-8-4-9-17-25,26-18-10-5-11-19-26)27-20-12-6-13-21-27/h4-6,8-13,16-21H,7,14-15,22-23H2,1-3H3,(H-,33,34)/p+1. The molecule has 37 heavy (non-hydrogen) atoms. The van der Waals surface area contributed by atoms with Gasteiger partial charge >= 0.3 is 0 Å². The Morgan fingerprint density at radius 3 is 1.46 bits per heavy atom. The van der Waals surface area contributed by atoms with Crippen LogP contribution in [0.2, 0.25) is 0 Å². The maximum atomic E-state index is 10.8. The van der Waals surface area contributed by atoms with Gasteiger partial charge in [0.05, 0.1) is 20.4 Å². The first-order valence-corrected chi connectivity index (χ1v) is 14.7. The normalized spacial score (nSPS) is 11.3. The summed E-state index contributed by atoms with van der Waals surface area (Å²) in [5.74, 6) is 0.427. The number of hydrogen-bond acceptors (Lipinski definition) is 4. The van der Waals surface area contributed by atoms with Crippen LogP contribution in [-0.4, -0.2) is 30.6 Å². The first-order chi connectivity index (χ1) is 18.0. The number of rotatable bonds is 11. The number of unbranched alkanes of at least 4 members (excludes halogenated alkanes) is 2. The van der Waals surface area contributed by atoms with Gasteiger partial charge in [-0.2, -0.15) is 0 Å². The lowest BCUT2D eigenvalue weighted by Crippen LogP contribution is -2.33. The molecule has 0 spiro atoms. The predicted octanol–water partition coefficient (Wildman–Crippen LogP) is 6.13. The monoisotopic (exact) mass is 515 g/mol. The largest absolute Gasteiger partial charge is 0.504 e. The molecule has 0 heterocycles. The molecule has 0 amide bonds. The molecule has 0 fully saturated rings. The van der Waals surface area contributed by atoms with Crippen LogP contribution in [0.4, 0.5) is 0 Å². The molecule has 2 N–H and O–H groups in total. The van der Waals surface area contributed by atoms with Gasteiger partial charge in [0, 0.05) is 11.1 Å². The number of benzene rings is 4. The Hall–Kier alpha value is -3.49. The Bertz CT molecular complexity index is 1190. The van der Waals surface area contributed by atoms with Crippen molar-refractivity contribution in [2.45, 2.75) is 32.6 Å². The second kappa shape index (κ2) is 12.2. The number of methoxy groups -OCH3 is 2. The lowest BCUT2D eigenvalue weighted by atomic mass is 9.99. The van der Waals surface area contributed by atoms with Crippen molar-refractivity contribution < 1.29 is 19.7 Å². The van der Waals surface area contributed by atoms with Crippen LogP contribution in [0.25, 0.3) is 0 Å². The van der Waals surface area contributed by atoms with Gasteiger partial charge in [0.2, 0.25) is 11.5 Å². The minimum atomic E-state index is -1.84. The topological polar surface area (TPSA) is 58.9 Å². The quantitative estimate of drug-likeness (QED) is 0.143. The van der Waals surface area contributed by atoms with Crippen molar-refractivity contribution in [2.75, 3.05) is 20.4 Å². The van der Waals surface area contributed by atoms with Crippen LogP contribution in [0.3, 0.4) is 0 Å². The van der Waals surface area contributed by atoms with Crippen LogP contribution in [0.5, 0.6) is 23.0 Å². The van der Waals surface area contributed by atoms with E-state index in [-0.39, 0.29) is 23.0 Å². The molecule has 0 bridgehead atoms. The number of aromatic hydroxyl groups is 2. The average molecular weight is 516 g/mol. The van der Waals surface area contributed by atoms with E-state index in [0.717, 1.165) is 25.4 Å². The zero-order chi connectivity index (χ0) is 26.3. The van der Waals surface area contributed by atoms with E-state index in [9.17, 15) is 10.2 Å². The molecule has 5 heteroatoms. The number of ether oxygens (including phenoxy) is 2. The zero-order valence-electron chi connectivity index (χ0n) is 21.9. The van der Waals surface area contributed by atoms with Gasteiger partial charge in [-0.25, -0.2) is 0 Å². The van der Waals surface area contributed by atoms with E-state index >= 15 is 0 Å². The summed E-state index contributed by atoms with van der Waals surface area (Å²) in [5.41, 5.74) is 1.35. The Labute approximate surface area is 220 Å². The average Bonchev–Trinajstić information content (AvgIpc) is 2.95. The molecule has 0 aliphatic heterocycles. The molecule has 0 atom stereocenters. The summed E-state index contributed by atoms with van der Waals surface area (Å²) in [4.78, 5) is 0. The molecule has 0 aromatic heterocycles. The molecule has 4 nitrogen and oxygen atoms in total. The minimum absolute atomic E-state index is 0.0225. The van der Waals surface area contributed by atoms with Crippen molar-refractivity contribution in [2.24, 2.45) is 0 Å². The van der Waals surface area contributed by atoms with Crippen LogP contribution < -0.4 is 25.4 Å². The molecule has 4 aromatic carbocycles. The van der Waals surface area contributed by atoms with Crippen molar-refractivity contribution in [3.05, 3.63) is 102 Å². The van der Waals surface area contributed by atoms with Crippen molar-refractivity contribution >= 4 is 23.2 Å². The summed E-state index contributed by atoms with van der Waals surface area (Å²) < 4.78 is 10.6. The van der Waals surface area contributed by atoms with Crippen LogP contribution in [-0.2, 0) is 6.42 Å². The van der Waals surface area contributed by atoms with E-state index in [1.54, 1.807) is 0 Å².